The van der Waals surface area contributed by atoms with Crippen molar-refractivity contribution in [3.8, 4) is 11.1 Å². The summed E-state index contributed by atoms with van der Waals surface area (Å²) in [6.45, 7) is 0. The molecule has 29 heavy (non-hydrogen) atoms. The molecule has 1 N–H and O–H groups in total. The number of halogens is 3. The van der Waals surface area contributed by atoms with Crippen LogP contribution in [-0.2, 0) is 9.53 Å². The third-order valence-corrected chi connectivity index (χ3v) is 6.11. The third kappa shape index (κ3) is 5.28. The minimum absolute atomic E-state index is 0.316. The Balaban J connectivity index is 1.85. The van der Waals surface area contributed by atoms with Crippen molar-refractivity contribution >= 4 is 73.4 Å². The molecule has 1 heterocycles. The second-order valence-corrected chi connectivity index (χ2v) is 8.46. The molecular formula is C21H14BrCl2NO3S. The molecule has 0 saturated heterocycles. The molecule has 0 fully saturated rings. The van der Waals surface area contributed by atoms with Gasteiger partial charge < -0.3 is 10.1 Å². The lowest BCUT2D eigenvalue weighted by Crippen LogP contribution is -2.11. The van der Waals surface area contributed by atoms with Gasteiger partial charge in [0.05, 0.1) is 17.2 Å². The van der Waals surface area contributed by atoms with Crippen LogP contribution >= 0.6 is 50.5 Å². The highest BCUT2D eigenvalue weighted by atomic mass is 79.9. The van der Waals surface area contributed by atoms with Gasteiger partial charge in [0.25, 0.3) is 0 Å². The number of amides is 1. The Bertz CT molecular complexity index is 1090. The Morgan fingerprint density at radius 1 is 1.10 bits per heavy atom. The second-order valence-electron chi connectivity index (χ2n) is 5.85. The van der Waals surface area contributed by atoms with Crippen molar-refractivity contribution in [2.24, 2.45) is 0 Å². The lowest BCUT2D eigenvalue weighted by molar-refractivity contribution is -0.111. The molecule has 0 aliphatic rings. The number of ether oxygens (including phenoxy) is 1. The van der Waals surface area contributed by atoms with Crippen molar-refractivity contribution in [3.63, 3.8) is 0 Å². The first-order valence-electron chi connectivity index (χ1n) is 8.29. The summed E-state index contributed by atoms with van der Waals surface area (Å²) in [5.41, 5.74) is 2.58. The van der Waals surface area contributed by atoms with Crippen molar-refractivity contribution < 1.29 is 14.3 Å². The molecule has 8 heteroatoms. The van der Waals surface area contributed by atoms with Crippen molar-refractivity contribution in [1.82, 2.24) is 0 Å². The molecule has 148 valence electrons. The minimum Gasteiger partial charge on any atom is -0.465 e. The van der Waals surface area contributed by atoms with Gasteiger partial charge in [-0.25, -0.2) is 4.79 Å². The molecular weight excluding hydrogens is 497 g/mol. The molecule has 0 bridgehead atoms. The molecule has 0 radical (unpaired) electrons. The van der Waals surface area contributed by atoms with E-state index in [4.69, 9.17) is 27.9 Å². The zero-order valence-electron chi connectivity index (χ0n) is 15.0. The van der Waals surface area contributed by atoms with Crippen molar-refractivity contribution in [1.29, 1.82) is 0 Å². The predicted molar refractivity (Wildman–Crippen MR) is 123 cm³/mol. The predicted octanol–water partition coefficient (Wildman–Crippen LogP) is 6.92. The average molecular weight is 511 g/mol. The maximum absolute atomic E-state index is 12.4. The fourth-order valence-corrected chi connectivity index (χ4v) is 4.07. The van der Waals surface area contributed by atoms with Gasteiger partial charge in [-0.05, 0) is 41.5 Å². The maximum atomic E-state index is 12.4. The highest BCUT2D eigenvalue weighted by Gasteiger charge is 2.21. The number of methoxy groups -OCH3 is 1. The van der Waals surface area contributed by atoms with Crippen molar-refractivity contribution in [2.45, 2.75) is 0 Å². The maximum Gasteiger partial charge on any atom is 0.341 e. The highest BCUT2D eigenvalue weighted by molar-refractivity contribution is 9.10. The number of rotatable bonds is 5. The van der Waals surface area contributed by atoms with Gasteiger partial charge >= 0.3 is 5.97 Å². The summed E-state index contributed by atoms with van der Waals surface area (Å²) in [5.74, 6) is -0.904. The van der Waals surface area contributed by atoms with Gasteiger partial charge in [0, 0.05) is 21.5 Å². The van der Waals surface area contributed by atoms with Gasteiger partial charge in [-0.15, -0.1) is 11.3 Å². The molecule has 0 aliphatic heterocycles. The molecule has 0 saturated carbocycles. The van der Waals surface area contributed by atoms with Crippen LogP contribution in [0.15, 0.2) is 58.4 Å². The Morgan fingerprint density at radius 3 is 2.48 bits per heavy atom. The average Bonchev–Trinajstić information content (AvgIpc) is 3.12. The van der Waals surface area contributed by atoms with Crippen LogP contribution in [-0.4, -0.2) is 19.0 Å². The first-order chi connectivity index (χ1) is 13.9. The monoisotopic (exact) mass is 509 g/mol. The van der Waals surface area contributed by atoms with Crippen molar-refractivity contribution in [2.75, 3.05) is 12.4 Å². The topological polar surface area (TPSA) is 55.4 Å². The van der Waals surface area contributed by atoms with Gasteiger partial charge in [-0.3, -0.25) is 4.79 Å². The summed E-state index contributed by atoms with van der Waals surface area (Å²) in [6, 6.07) is 12.6. The summed E-state index contributed by atoms with van der Waals surface area (Å²) >= 11 is 16.5. The van der Waals surface area contributed by atoms with Crippen molar-refractivity contribution in [3.05, 3.63) is 79.6 Å². The Hall–Kier alpha value is -2.12. The van der Waals surface area contributed by atoms with Crippen LogP contribution in [0.25, 0.3) is 17.2 Å². The molecule has 3 aromatic rings. The van der Waals surface area contributed by atoms with Gasteiger partial charge in [-0.2, -0.15) is 0 Å². The fraction of sp³-hybridized carbons (Fsp3) is 0.0476. The zero-order chi connectivity index (χ0) is 21.0. The third-order valence-electron chi connectivity index (χ3n) is 3.94. The van der Waals surface area contributed by atoms with Crippen LogP contribution in [0.5, 0.6) is 0 Å². The van der Waals surface area contributed by atoms with Gasteiger partial charge in [0.15, 0.2) is 0 Å². The van der Waals surface area contributed by atoms with E-state index in [9.17, 15) is 9.59 Å². The Kier molecular flexibility index (Phi) is 7.14. The van der Waals surface area contributed by atoms with E-state index in [1.54, 1.807) is 24.3 Å². The quantitative estimate of drug-likeness (QED) is 0.299. The number of carbonyl (C=O) groups is 2. The molecule has 1 aromatic heterocycles. The van der Waals surface area contributed by atoms with E-state index in [-0.39, 0.29) is 5.91 Å². The molecule has 0 unspecified atom stereocenters. The van der Waals surface area contributed by atoms with Crippen LogP contribution in [0.1, 0.15) is 15.9 Å². The molecule has 0 spiro atoms. The lowest BCUT2D eigenvalue weighted by atomic mass is 10.0. The van der Waals surface area contributed by atoms with E-state index in [0.29, 0.717) is 26.2 Å². The normalized spacial score (nSPS) is 10.9. The smallest absolute Gasteiger partial charge is 0.341 e. The van der Waals surface area contributed by atoms with Crippen LogP contribution in [0.2, 0.25) is 10.0 Å². The molecule has 0 aliphatic carbocycles. The standard InChI is InChI=1S/C21H14BrCl2NO3S/c1-28-21(27)19-15(13-4-6-14(22)7-5-13)11-29-20(19)25-18(26)9-3-12-2-8-16(23)17(24)10-12/h2-11H,1H3,(H,25,26). The lowest BCUT2D eigenvalue weighted by Gasteiger charge is -2.07. The number of hydrogen-bond donors (Lipinski definition) is 1. The minimum atomic E-state index is -0.520. The first-order valence-corrected chi connectivity index (χ1v) is 10.7. The van der Waals surface area contributed by atoms with E-state index in [1.165, 1.54) is 24.5 Å². The first kappa shape index (κ1) is 21.6. The summed E-state index contributed by atoms with van der Waals surface area (Å²) in [5, 5.41) is 5.82. The van der Waals surface area contributed by atoms with Gasteiger partial charge in [-0.1, -0.05) is 57.3 Å². The number of hydrogen-bond acceptors (Lipinski definition) is 4. The molecule has 1 amide bonds. The number of benzene rings is 2. The fourth-order valence-electron chi connectivity index (χ4n) is 2.54. The molecule has 3 rings (SSSR count). The zero-order valence-corrected chi connectivity index (χ0v) is 19.0. The summed E-state index contributed by atoms with van der Waals surface area (Å²) in [6.07, 6.45) is 2.97. The Morgan fingerprint density at radius 2 is 1.83 bits per heavy atom. The largest absolute Gasteiger partial charge is 0.465 e. The van der Waals surface area contributed by atoms with E-state index < -0.39 is 5.97 Å². The van der Waals surface area contributed by atoms with E-state index in [2.05, 4.69) is 21.2 Å². The van der Waals surface area contributed by atoms with Gasteiger partial charge in [0.1, 0.15) is 10.6 Å². The SMILES string of the molecule is COC(=O)c1c(-c2ccc(Br)cc2)csc1NC(=O)C=Cc1ccc(Cl)c(Cl)c1. The van der Waals surface area contributed by atoms with Crippen LogP contribution in [0, 0.1) is 0 Å². The molecule has 0 atom stereocenters. The van der Waals surface area contributed by atoms with E-state index in [1.807, 2.05) is 29.6 Å². The number of esters is 1. The summed E-state index contributed by atoms with van der Waals surface area (Å²) in [7, 11) is 1.31. The van der Waals surface area contributed by atoms with Gasteiger partial charge in [0.2, 0.25) is 5.91 Å². The summed E-state index contributed by atoms with van der Waals surface area (Å²) in [4.78, 5) is 24.7. The van der Waals surface area contributed by atoms with Crippen LogP contribution < -0.4 is 5.32 Å². The van der Waals surface area contributed by atoms with Crippen LogP contribution in [0.4, 0.5) is 5.00 Å². The van der Waals surface area contributed by atoms with E-state index >= 15 is 0 Å². The second kappa shape index (κ2) is 9.59. The highest BCUT2D eigenvalue weighted by Crippen LogP contribution is 2.36. The number of anilines is 1. The molecule has 4 nitrogen and oxygen atoms in total. The van der Waals surface area contributed by atoms with E-state index in [0.717, 1.165) is 15.6 Å². The number of carbonyl (C=O) groups excluding carboxylic acids is 2. The van der Waals surface area contributed by atoms with Crippen LogP contribution in [0.3, 0.4) is 0 Å². The number of nitrogens with one attached hydrogen (secondary N) is 1. The number of thiophene rings is 1. The summed E-state index contributed by atoms with van der Waals surface area (Å²) < 4.78 is 5.85. The molecule has 2 aromatic carbocycles. The Labute approximate surface area is 190 Å².